The number of halogens is 3. The van der Waals surface area contributed by atoms with Gasteiger partial charge in [0.05, 0.1) is 18.8 Å². The van der Waals surface area contributed by atoms with E-state index in [9.17, 15) is 9.50 Å². The van der Waals surface area contributed by atoms with Gasteiger partial charge in [-0.15, -0.1) is 6.42 Å². The van der Waals surface area contributed by atoms with Crippen molar-refractivity contribution in [3.05, 3.63) is 58.4 Å². The molecule has 204 valence electrons. The highest BCUT2D eigenvalue weighted by Gasteiger charge is 2.42. The Bertz CT molecular complexity index is 1720. The zero-order valence-electron chi connectivity index (χ0n) is 21.9. The molecule has 0 aliphatic carbocycles. The van der Waals surface area contributed by atoms with Gasteiger partial charge in [0.1, 0.15) is 28.2 Å². The second-order valence-corrected chi connectivity index (χ2v) is 11.5. The third-order valence-electron chi connectivity index (χ3n) is 8.71. The molecule has 2 atom stereocenters. The van der Waals surface area contributed by atoms with Crippen molar-refractivity contribution in [2.75, 3.05) is 37.7 Å². The van der Waals surface area contributed by atoms with E-state index in [1.165, 1.54) is 24.3 Å². The lowest BCUT2D eigenvalue weighted by atomic mass is 9.95. The van der Waals surface area contributed by atoms with Crippen molar-refractivity contribution >= 4 is 39.0 Å². The van der Waals surface area contributed by atoms with Crippen LogP contribution in [0.3, 0.4) is 0 Å². The summed E-state index contributed by atoms with van der Waals surface area (Å²) < 4.78 is 36.6. The maximum atomic E-state index is 16.5. The first kappa shape index (κ1) is 25.5. The van der Waals surface area contributed by atoms with Gasteiger partial charge in [-0.2, -0.15) is 0 Å². The Balaban J connectivity index is 1.35. The molecule has 2 unspecified atom stereocenters. The molecule has 9 heteroatoms. The maximum absolute atomic E-state index is 16.5. The molecule has 1 N–H and O–H groups in total. The van der Waals surface area contributed by atoms with E-state index in [0.717, 1.165) is 45.7 Å². The van der Waals surface area contributed by atoms with Gasteiger partial charge in [-0.3, -0.25) is 9.88 Å². The maximum Gasteiger partial charge on any atom is 0.157 e. The molecule has 40 heavy (non-hydrogen) atoms. The Morgan fingerprint density at radius 3 is 2.58 bits per heavy atom. The van der Waals surface area contributed by atoms with Crippen molar-refractivity contribution in [1.82, 2.24) is 14.9 Å². The largest absolute Gasteiger partial charge is 0.508 e. The van der Waals surface area contributed by atoms with Gasteiger partial charge in [0.15, 0.2) is 5.82 Å². The minimum absolute atomic E-state index is 0.0132. The van der Waals surface area contributed by atoms with Crippen molar-refractivity contribution in [1.29, 1.82) is 0 Å². The van der Waals surface area contributed by atoms with Crippen molar-refractivity contribution < 1.29 is 18.6 Å². The SMILES string of the molecule is C#Cc1c(F)ccc2cc(O)cc(-c3ncc4c(N5CC6CCC(C5)N6CC5COC5)nc(Cl)c(C)c4c3F)c12. The molecular weight excluding hydrogens is 534 g/mol. The summed E-state index contributed by atoms with van der Waals surface area (Å²) in [6, 6.07) is 6.36. The second kappa shape index (κ2) is 9.55. The van der Waals surface area contributed by atoms with E-state index >= 15 is 4.39 Å². The van der Waals surface area contributed by atoms with Crippen LogP contribution in [0.1, 0.15) is 24.0 Å². The zero-order valence-corrected chi connectivity index (χ0v) is 22.7. The summed E-state index contributed by atoms with van der Waals surface area (Å²) in [6.45, 7) is 5.98. The van der Waals surface area contributed by atoms with Gasteiger partial charge in [-0.05, 0) is 48.9 Å². The standard InChI is InChI=1S/C31H27ClF2N4O2/c1-3-22-25(33)7-4-18-8-21(39)9-23(27(18)22)29-28(34)26-16(2)30(32)36-31(24(26)10-35-29)37-12-19-5-6-20(13-37)38(19)11-17-14-40-15-17/h1,4,7-10,17,19-20,39H,5-6,11-15H2,2H3. The van der Waals surface area contributed by atoms with Crippen LogP contribution >= 0.6 is 11.6 Å². The smallest absolute Gasteiger partial charge is 0.157 e. The zero-order chi connectivity index (χ0) is 27.7. The quantitative estimate of drug-likeness (QED) is 0.256. The van der Waals surface area contributed by atoms with Crippen LogP contribution in [0.15, 0.2) is 30.5 Å². The summed E-state index contributed by atoms with van der Waals surface area (Å²) in [7, 11) is 0. The molecule has 2 bridgehead atoms. The highest BCUT2D eigenvalue weighted by Crippen LogP contribution is 2.42. The minimum atomic E-state index is -0.619. The number of rotatable bonds is 4. The number of hydrogen-bond donors (Lipinski definition) is 1. The van der Waals surface area contributed by atoms with Crippen LogP contribution in [0.25, 0.3) is 32.8 Å². The molecule has 3 aliphatic rings. The van der Waals surface area contributed by atoms with Crippen LogP contribution in [0.2, 0.25) is 5.15 Å². The summed E-state index contributed by atoms with van der Waals surface area (Å²) in [4.78, 5) is 14.0. The summed E-state index contributed by atoms with van der Waals surface area (Å²) in [6.07, 6.45) is 9.47. The van der Waals surface area contributed by atoms with Gasteiger partial charge in [0, 0.05) is 65.6 Å². The van der Waals surface area contributed by atoms with E-state index in [0.29, 0.717) is 50.9 Å². The first-order chi connectivity index (χ1) is 19.3. The Hall–Kier alpha value is -3.51. The molecule has 6 nitrogen and oxygen atoms in total. The van der Waals surface area contributed by atoms with Crippen LogP contribution in [0.4, 0.5) is 14.6 Å². The molecule has 0 radical (unpaired) electrons. The highest BCUT2D eigenvalue weighted by atomic mass is 35.5. The first-order valence-electron chi connectivity index (χ1n) is 13.5. The third-order valence-corrected chi connectivity index (χ3v) is 9.08. The predicted octanol–water partition coefficient (Wildman–Crippen LogP) is 5.68. The van der Waals surface area contributed by atoms with Crippen molar-refractivity contribution in [3.8, 4) is 29.4 Å². The van der Waals surface area contributed by atoms with Gasteiger partial charge in [-0.25, -0.2) is 13.8 Å². The van der Waals surface area contributed by atoms with Crippen molar-refractivity contribution in [2.24, 2.45) is 5.92 Å². The lowest BCUT2D eigenvalue weighted by Crippen LogP contribution is -2.56. The van der Waals surface area contributed by atoms with E-state index in [-0.39, 0.29) is 27.7 Å². The molecule has 0 spiro atoms. The molecule has 5 heterocycles. The number of aryl methyl sites for hydroxylation is 1. The lowest BCUT2D eigenvalue weighted by Gasteiger charge is -2.44. The van der Waals surface area contributed by atoms with E-state index in [1.807, 2.05) is 0 Å². The Morgan fingerprint density at radius 1 is 1.15 bits per heavy atom. The van der Waals surface area contributed by atoms with Crippen molar-refractivity contribution in [3.63, 3.8) is 0 Å². The molecule has 0 amide bonds. The molecule has 0 saturated carbocycles. The third kappa shape index (κ3) is 3.91. The van der Waals surface area contributed by atoms with Gasteiger partial charge in [0.2, 0.25) is 0 Å². The monoisotopic (exact) mass is 560 g/mol. The number of anilines is 1. The molecule has 7 rings (SSSR count). The topological polar surface area (TPSA) is 61.7 Å². The number of aromatic nitrogens is 2. The number of nitrogens with zero attached hydrogens (tertiary/aromatic N) is 4. The minimum Gasteiger partial charge on any atom is -0.508 e. The average Bonchev–Trinajstić information content (AvgIpc) is 3.13. The van der Waals surface area contributed by atoms with E-state index in [2.05, 4.69) is 20.7 Å². The second-order valence-electron chi connectivity index (χ2n) is 11.1. The number of pyridine rings is 2. The fourth-order valence-corrected chi connectivity index (χ4v) is 6.87. The van der Waals surface area contributed by atoms with Crippen LogP contribution in [0.5, 0.6) is 5.75 Å². The molecule has 3 saturated heterocycles. The number of fused-ring (bicyclic) bond motifs is 4. The normalized spacial score (nSPS) is 21.2. The molecule has 3 fully saturated rings. The van der Waals surface area contributed by atoms with Crippen molar-refractivity contribution in [2.45, 2.75) is 31.8 Å². The Labute approximate surface area is 235 Å². The lowest BCUT2D eigenvalue weighted by molar-refractivity contribution is -0.0538. The van der Waals surface area contributed by atoms with E-state index < -0.39 is 11.6 Å². The number of benzene rings is 2. The number of terminal acetylenes is 1. The highest BCUT2D eigenvalue weighted by molar-refractivity contribution is 6.31. The summed E-state index contributed by atoms with van der Waals surface area (Å²) >= 11 is 6.62. The molecule has 4 aromatic rings. The Kier molecular flexibility index (Phi) is 6.08. The van der Waals surface area contributed by atoms with Gasteiger partial charge >= 0.3 is 0 Å². The summed E-state index contributed by atoms with van der Waals surface area (Å²) in [5.41, 5.74) is 0.642. The summed E-state index contributed by atoms with van der Waals surface area (Å²) in [5, 5.41) is 12.3. The van der Waals surface area contributed by atoms with Crippen LogP contribution in [0, 0.1) is 36.8 Å². The molecular formula is C31H27ClF2N4O2. The number of aromatic hydroxyl groups is 1. The number of ether oxygens (including phenoxy) is 1. The van der Waals surface area contributed by atoms with Gasteiger partial charge in [-0.1, -0.05) is 23.6 Å². The average molecular weight is 561 g/mol. The molecule has 3 aliphatic heterocycles. The fourth-order valence-electron chi connectivity index (χ4n) is 6.69. The molecule has 2 aromatic carbocycles. The van der Waals surface area contributed by atoms with Crippen LogP contribution in [-0.4, -0.2) is 64.9 Å². The van der Waals surface area contributed by atoms with Gasteiger partial charge < -0.3 is 14.7 Å². The van der Waals surface area contributed by atoms with E-state index in [1.54, 1.807) is 13.1 Å². The summed E-state index contributed by atoms with van der Waals surface area (Å²) in [5.74, 6) is 2.26. The Morgan fingerprint density at radius 2 is 1.90 bits per heavy atom. The van der Waals surface area contributed by atoms with Gasteiger partial charge in [0.25, 0.3) is 0 Å². The first-order valence-corrected chi connectivity index (χ1v) is 13.9. The molecule has 2 aromatic heterocycles. The van der Waals surface area contributed by atoms with E-state index in [4.69, 9.17) is 27.7 Å². The fraction of sp³-hybridized carbons (Fsp3) is 0.355. The number of phenolic OH excluding ortho intramolecular Hbond substituents is 1. The number of piperazine rings is 1. The predicted molar refractivity (Wildman–Crippen MR) is 152 cm³/mol. The number of hydrogen-bond acceptors (Lipinski definition) is 6. The van der Waals surface area contributed by atoms with Crippen LogP contribution in [-0.2, 0) is 4.74 Å². The van der Waals surface area contributed by atoms with Crippen LogP contribution < -0.4 is 4.90 Å². The number of phenols is 1.